The molecule has 0 bridgehead atoms. The molecule has 2 heteroatoms. The molecule has 2 fully saturated rings. The van der Waals surface area contributed by atoms with Crippen LogP contribution in [0.25, 0.3) is 0 Å². The molecule has 1 heterocycles. The summed E-state index contributed by atoms with van der Waals surface area (Å²) < 4.78 is 0. The number of hydrogen-bond donors (Lipinski definition) is 1. The van der Waals surface area contributed by atoms with E-state index in [1.807, 2.05) is 0 Å². The van der Waals surface area contributed by atoms with Gasteiger partial charge in [-0.2, -0.15) is 11.8 Å². The van der Waals surface area contributed by atoms with E-state index in [0.717, 1.165) is 23.3 Å². The molecule has 3 rings (SSSR count). The van der Waals surface area contributed by atoms with Crippen LogP contribution in [-0.2, 0) is 0 Å². The summed E-state index contributed by atoms with van der Waals surface area (Å²) in [5.41, 5.74) is 1.55. The highest BCUT2D eigenvalue weighted by molar-refractivity contribution is 7.99. The van der Waals surface area contributed by atoms with Crippen molar-refractivity contribution in [1.82, 2.24) is 5.32 Å². The molecule has 2 aliphatic rings. The predicted molar refractivity (Wildman–Crippen MR) is 89.5 cm³/mol. The lowest BCUT2D eigenvalue weighted by atomic mass is 9.81. The van der Waals surface area contributed by atoms with Gasteiger partial charge in [0.05, 0.1) is 0 Å². The van der Waals surface area contributed by atoms with E-state index in [-0.39, 0.29) is 0 Å². The summed E-state index contributed by atoms with van der Waals surface area (Å²) in [5, 5.41) is 4.76. The first-order chi connectivity index (χ1) is 9.83. The van der Waals surface area contributed by atoms with Gasteiger partial charge in [0.1, 0.15) is 0 Å². The van der Waals surface area contributed by atoms with Crippen LogP contribution in [0, 0.1) is 0 Å². The van der Waals surface area contributed by atoms with Gasteiger partial charge in [0.15, 0.2) is 0 Å². The average Bonchev–Trinajstić information content (AvgIpc) is 2.51. The Balaban J connectivity index is 1.49. The topological polar surface area (TPSA) is 12.0 Å². The van der Waals surface area contributed by atoms with Crippen LogP contribution in [-0.4, -0.2) is 23.1 Å². The Bertz CT molecular complexity index is 397. The Morgan fingerprint density at radius 3 is 2.45 bits per heavy atom. The minimum Gasteiger partial charge on any atom is -0.310 e. The summed E-state index contributed by atoms with van der Waals surface area (Å²) in [7, 11) is 0. The zero-order chi connectivity index (χ0) is 13.8. The summed E-state index contributed by atoms with van der Waals surface area (Å²) in [6, 6.07) is 12.6. The fraction of sp³-hybridized carbons (Fsp3) is 0.667. The normalized spacial score (nSPS) is 34.9. The first-order valence-electron chi connectivity index (χ1n) is 8.25. The molecule has 2 unspecified atom stereocenters. The minimum atomic E-state index is 0.757. The van der Waals surface area contributed by atoms with Crippen molar-refractivity contribution in [2.45, 2.75) is 68.7 Å². The molecule has 1 saturated carbocycles. The van der Waals surface area contributed by atoms with Gasteiger partial charge in [0.25, 0.3) is 0 Å². The molecular weight excluding hydrogens is 262 g/mol. The second-order valence-electron chi connectivity index (χ2n) is 6.45. The van der Waals surface area contributed by atoms with E-state index in [0.29, 0.717) is 0 Å². The van der Waals surface area contributed by atoms with E-state index in [9.17, 15) is 0 Å². The van der Waals surface area contributed by atoms with E-state index < -0.39 is 0 Å². The molecule has 1 aliphatic heterocycles. The molecule has 0 spiro atoms. The smallest absolute Gasteiger partial charge is 0.0186 e. The van der Waals surface area contributed by atoms with Gasteiger partial charge in [-0.25, -0.2) is 0 Å². The predicted octanol–water partition coefficient (Wildman–Crippen LogP) is 4.59. The lowest BCUT2D eigenvalue weighted by Crippen LogP contribution is -2.46. The second kappa shape index (κ2) is 7.00. The first kappa shape index (κ1) is 14.5. The Morgan fingerprint density at radius 1 is 1.00 bits per heavy atom. The Labute approximate surface area is 127 Å². The molecule has 0 aromatic heterocycles. The van der Waals surface area contributed by atoms with E-state index in [4.69, 9.17) is 0 Å². The molecule has 1 aliphatic carbocycles. The van der Waals surface area contributed by atoms with Crippen LogP contribution >= 0.6 is 11.8 Å². The van der Waals surface area contributed by atoms with Crippen molar-refractivity contribution in [3.8, 4) is 0 Å². The number of benzene rings is 1. The zero-order valence-corrected chi connectivity index (χ0v) is 13.4. The molecular formula is C18H27NS. The largest absolute Gasteiger partial charge is 0.310 e. The van der Waals surface area contributed by atoms with Crippen LogP contribution in [0.5, 0.6) is 0 Å². The SMILES string of the molecule is CC1SCCCC1NC1CCC(c2ccccc2)CC1. The lowest BCUT2D eigenvalue weighted by molar-refractivity contribution is 0.303. The van der Waals surface area contributed by atoms with Gasteiger partial charge in [0.2, 0.25) is 0 Å². The Hall–Kier alpha value is -0.470. The zero-order valence-electron chi connectivity index (χ0n) is 12.6. The summed E-state index contributed by atoms with van der Waals surface area (Å²) >= 11 is 2.15. The molecule has 1 saturated heterocycles. The third-order valence-electron chi connectivity index (χ3n) is 5.05. The van der Waals surface area contributed by atoms with Gasteiger partial charge < -0.3 is 5.32 Å². The maximum Gasteiger partial charge on any atom is 0.0186 e. The van der Waals surface area contributed by atoms with E-state index in [2.05, 4.69) is 54.3 Å². The number of thioether (sulfide) groups is 1. The molecule has 0 amide bonds. The molecule has 1 N–H and O–H groups in total. The van der Waals surface area contributed by atoms with Gasteiger partial charge in [-0.3, -0.25) is 0 Å². The van der Waals surface area contributed by atoms with E-state index in [1.165, 1.54) is 44.3 Å². The van der Waals surface area contributed by atoms with Gasteiger partial charge in [-0.15, -0.1) is 0 Å². The van der Waals surface area contributed by atoms with Crippen LogP contribution in [0.3, 0.4) is 0 Å². The molecule has 1 aromatic carbocycles. The fourth-order valence-corrected chi connectivity index (χ4v) is 4.92. The van der Waals surface area contributed by atoms with E-state index in [1.54, 1.807) is 5.56 Å². The summed E-state index contributed by atoms with van der Waals surface area (Å²) in [5.74, 6) is 2.16. The molecule has 1 nitrogen and oxygen atoms in total. The number of rotatable bonds is 3. The lowest BCUT2D eigenvalue weighted by Gasteiger charge is -2.36. The molecule has 2 atom stereocenters. The van der Waals surface area contributed by atoms with Crippen LogP contribution < -0.4 is 5.32 Å². The van der Waals surface area contributed by atoms with Crippen LogP contribution in [0.2, 0.25) is 0 Å². The average molecular weight is 289 g/mol. The van der Waals surface area contributed by atoms with Crippen molar-refractivity contribution in [1.29, 1.82) is 0 Å². The molecule has 110 valence electrons. The summed E-state index contributed by atoms with van der Waals surface area (Å²) in [6.07, 6.45) is 8.20. The summed E-state index contributed by atoms with van der Waals surface area (Å²) in [4.78, 5) is 0. The first-order valence-corrected chi connectivity index (χ1v) is 9.30. The summed E-state index contributed by atoms with van der Waals surface area (Å²) in [6.45, 7) is 2.40. The van der Waals surface area contributed by atoms with Crippen LogP contribution in [0.15, 0.2) is 30.3 Å². The highest BCUT2D eigenvalue weighted by atomic mass is 32.2. The van der Waals surface area contributed by atoms with Gasteiger partial charge in [0, 0.05) is 17.3 Å². The van der Waals surface area contributed by atoms with Crippen molar-refractivity contribution in [2.75, 3.05) is 5.75 Å². The number of nitrogens with one attached hydrogen (secondary N) is 1. The van der Waals surface area contributed by atoms with Crippen LogP contribution in [0.1, 0.15) is 56.9 Å². The quantitative estimate of drug-likeness (QED) is 0.873. The van der Waals surface area contributed by atoms with Gasteiger partial charge in [-0.05, 0) is 55.8 Å². The third-order valence-corrected chi connectivity index (χ3v) is 6.43. The fourth-order valence-electron chi connectivity index (χ4n) is 3.76. The maximum absolute atomic E-state index is 3.96. The van der Waals surface area contributed by atoms with Crippen molar-refractivity contribution in [2.24, 2.45) is 0 Å². The highest BCUT2D eigenvalue weighted by Crippen LogP contribution is 2.34. The molecule has 1 aromatic rings. The number of hydrogen-bond acceptors (Lipinski definition) is 2. The van der Waals surface area contributed by atoms with Crippen LogP contribution in [0.4, 0.5) is 0 Å². The highest BCUT2D eigenvalue weighted by Gasteiger charge is 2.27. The minimum absolute atomic E-state index is 0.757. The molecule has 0 radical (unpaired) electrons. The van der Waals surface area contributed by atoms with Crippen molar-refractivity contribution in [3.63, 3.8) is 0 Å². The third kappa shape index (κ3) is 3.59. The maximum atomic E-state index is 3.96. The van der Waals surface area contributed by atoms with Crippen molar-refractivity contribution in [3.05, 3.63) is 35.9 Å². The Morgan fingerprint density at radius 2 is 1.75 bits per heavy atom. The van der Waals surface area contributed by atoms with Gasteiger partial charge >= 0.3 is 0 Å². The van der Waals surface area contributed by atoms with Crippen molar-refractivity contribution < 1.29 is 0 Å². The van der Waals surface area contributed by atoms with Crippen molar-refractivity contribution >= 4 is 11.8 Å². The Kier molecular flexibility index (Phi) is 5.06. The standard InChI is InChI=1S/C18H27NS/c1-14-18(8-5-13-20-14)19-17-11-9-16(10-12-17)15-6-3-2-4-7-15/h2-4,6-7,14,16-19H,5,8-13H2,1H3. The molecule has 20 heavy (non-hydrogen) atoms. The van der Waals surface area contributed by atoms with E-state index >= 15 is 0 Å². The second-order valence-corrected chi connectivity index (χ2v) is 7.94. The van der Waals surface area contributed by atoms with Gasteiger partial charge in [-0.1, -0.05) is 37.3 Å². The monoisotopic (exact) mass is 289 g/mol.